The largest absolute Gasteiger partial charge is 0.302 e. The number of sulfonamides is 1. The Balaban J connectivity index is 2.05. The van der Waals surface area contributed by atoms with E-state index >= 15 is 0 Å². The van der Waals surface area contributed by atoms with Crippen LogP contribution in [0.1, 0.15) is 19.8 Å². The fourth-order valence-corrected chi connectivity index (χ4v) is 3.46. The summed E-state index contributed by atoms with van der Waals surface area (Å²) in [5.41, 5.74) is 0. The number of likely N-dealkylation sites (N-methyl/N-ethyl adjacent to an activating group) is 1. The molecule has 1 atom stereocenters. The van der Waals surface area contributed by atoms with Gasteiger partial charge in [-0.3, -0.25) is 4.98 Å². The molecule has 6 heteroatoms. The molecule has 1 aromatic heterocycles. The number of aromatic nitrogens is 1. The molecule has 1 N–H and O–H groups in total. The van der Waals surface area contributed by atoms with Gasteiger partial charge in [0.1, 0.15) is 4.90 Å². The summed E-state index contributed by atoms with van der Waals surface area (Å²) < 4.78 is 27.0. The minimum absolute atomic E-state index is 0.00362. The van der Waals surface area contributed by atoms with Gasteiger partial charge in [-0.25, -0.2) is 13.1 Å². The number of pyridine rings is 1. The first-order chi connectivity index (χ1) is 8.62. The van der Waals surface area contributed by atoms with E-state index in [9.17, 15) is 8.42 Å². The summed E-state index contributed by atoms with van der Waals surface area (Å²) in [5.74, 6) is 0. The Morgan fingerprint density at radius 1 is 1.56 bits per heavy atom. The van der Waals surface area contributed by atoms with Gasteiger partial charge in [0.05, 0.1) is 0 Å². The lowest BCUT2D eigenvalue weighted by Gasteiger charge is -2.31. The van der Waals surface area contributed by atoms with E-state index in [0.29, 0.717) is 0 Å². The standard InChI is InChI=1S/C12H19N3O2S/c1-2-15-8-4-5-11(10-15)14-18(16,17)12-6-3-7-13-9-12/h3,6-7,9,11,14H,2,4-5,8,10H2,1H3. The first-order valence-corrected chi connectivity index (χ1v) is 7.75. The highest BCUT2D eigenvalue weighted by Gasteiger charge is 2.24. The Morgan fingerprint density at radius 3 is 3.06 bits per heavy atom. The summed E-state index contributed by atoms with van der Waals surface area (Å²) in [6, 6.07) is 3.20. The molecular weight excluding hydrogens is 250 g/mol. The summed E-state index contributed by atoms with van der Waals surface area (Å²) in [4.78, 5) is 6.34. The Labute approximate surface area is 108 Å². The molecule has 0 aromatic carbocycles. The maximum atomic E-state index is 12.1. The second kappa shape index (κ2) is 5.77. The smallest absolute Gasteiger partial charge is 0.242 e. The predicted octanol–water partition coefficient (Wildman–Crippen LogP) is 0.844. The van der Waals surface area contributed by atoms with Crippen molar-refractivity contribution in [1.82, 2.24) is 14.6 Å². The van der Waals surface area contributed by atoms with Gasteiger partial charge in [0, 0.05) is 25.0 Å². The molecule has 2 rings (SSSR count). The lowest BCUT2D eigenvalue weighted by atomic mass is 10.1. The van der Waals surface area contributed by atoms with Crippen LogP contribution in [0.2, 0.25) is 0 Å². The van der Waals surface area contributed by atoms with Crippen molar-refractivity contribution < 1.29 is 8.42 Å². The summed E-state index contributed by atoms with van der Waals surface area (Å²) in [5, 5.41) is 0. The van der Waals surface area contributed by atoms with Gasteiger partial charge in [-0.15, -0.1) is 0 Å². The van der Waals surface area contributed by atoms with Gasteiger partial charge in [0.25, 0.3) is 0 Å². The van der Waals surface area contributed by atoms with E-state index in [4.69, 9.17) is 0 Å². The highest BCUT2D eigenvalue weighted by atomic mass is 32.2. The monoisotopic (exact) mass is 269 g/mol. The molecule has 0 aliphatic carbocycles. The van der Waals surface area contributed by atoms with Crippen molar-refractivity contribution in [1.29, 1.82) is 0 Å². The second-order valence-corrected chi connectivity index (χ2v) is 6.26. The minimum Gasteiger partial charge on any atom is -0.302 e. The van der Waals surface area contributed by atoms with E-state index in [1.807, 2.05) is 0 Å². The number of hydrogen-bond donors (Lipinski definition) is 1. The molecule has 1 aliphatic rings. The van der Waals surface area contributed by atoms with Crippen LogP contribution in [0.5, 0.6) is 0 Å². The van der Waals surface area contributed by atoms with Crippen LogP contribution < -0.4 is 4.72 Å². The molecule has 18 heavy (non-hydrogen) atoms. The lowest BCUT2D eigenvalue weighted by Crippen LogP contribution is -2.47. The molecule has 1 aliphatic heterocycles. The average Bonchev–Trinajstić information content (AvgIpc) is 2.39. The molecule has 1 fully saturated rings. The van der Waals surface area contributed by atoms with Gasteiger partial charge < -0.3 is 4.90 Å². The fourth-order valence-electron chi connectivity index (χ4n) is 2.23. The zero-order valence-corrected chi connectivity index (χ0v) is 11.4. The number of rotatable bonds is 4. The first kappa shape index (κ1) is 13.5. The second-order valence-electron chi connectivity index (χ2n) is 4.54. The quantitative estimate of drug-likeness (QED) is 0.880. The van der Waals surface area contributed by atoms with E-state index < -0.39 is 10.0 Å². The maximum Gasteiger partial charge on any atom is 0.242 e. The van der Waals surface area contributed by atoms with Crippen molar-refractivity contribution in [3.8, 4) is 0 Å². The third kappa shape index (κ3) is 3.28. The number of nitrogens with zero attached hydrogens (tertiary/aromatic N) is 2. The van der Waals surface area contributed by atoms with Crippen LogP contribution >= 0.6 is 0 Å². The fraction of sp³-hybridized carbons (Fsp3) is 0.583. The Hall–Kier alpha value is -0.980. The molecule has 0 spiro atoms. The molecule has 1 unspecified atom stereocenters. The topological polar surface area (TPSA) is 62.3 Å². The van der Waals surface area contributed by atoms with Gasteiger partial charge in [0.15, 0.2) is 0 Å². The van der Waals surface area contributed by atoms with Crippen LogP contribution in [0.4, 0.5) is 0 Å². The third-order valence-corrected chi connectivity index (χ3v) is 4.72. The third-order valence-electron chi connectivity index (χ3n) is 3.22. The zero-order chi connectivity index (χ0) is 13.0. The summed E-state index contributed by atoms with van der Waals surface area (Å²) >= 11 is 0. The molecule has 1 saturated heterocycles. The Kier molecular flexibility index (Phi) is 4.31. The molecule has 100 valence electrons. The van der Waals surface area contributed by atoms with Crippen LogP contribution in [0.3, 0.4) is 0 Å². The summed E-state index contributed by atoms with van der Waals surface area (Å²) in [6.07, 6.45) is 4.88. The molecule has 0 amide bonds. The minimum atomic E-state index is -3.43. The molecular formula is C12H19N3O2S. The molecule has 0 saturated carbocycles. The van der Waals surface area contributed by atoms with E-state index in [2.05, 4.69) is 21.5 Å². The van der Waals surface area contributed by atoms with Gasteiger partial charge >= 0.3 is 0 Å². The SMILES string of the molecule is CCN1CCCC(NS(=O)(=O)c2cccnc2)C1. The van der Waals surface area contributed by atoms with Crippen LogP contribution in [0.15, 0.2) is 29.4 Å². The van der Waals surface area contributed by atoms with Crippen molar-refractivity contribution in [2.45, 2.75) is 30.7 Å². The molecule has 5 nitrogen and oxygen atoms in total. The average molecular weight is 269 g/mol. The molecule has 2 heterocycles. The van der Waals surface area contributed by atoms with E-state index in [-0.39, 0.29) is 10.9 Å². The Morgan fingerprint density at radius 2 is 2.39 bits per heavy atom. The molecule has 0 radical (unpaired) electrons. The number of hydrogen-bond acceptors (Lipinski definition) is 4. The highest BCUT2D eigenvalue weighted by molar-refractivity contribution is 7.89. The number of likely N-dealkylation sites (tertiary alicyclic amines) is 1. The first-order valence-electron chi connectivity index (χ1n) is 6.26. The van der Waals surface area contributed by atoms with Crippen LogP contribution in [-0.4, -0.2) is 44.0 Å². The van der Waals surface area contributed by atoms with E-state index in [1.165, 1.54) is 6.20 Å². The van der Waals surface area contributed by atoms with Gasteiger partial charge in [0.2, 0.25) is 10.0 Å². The zero-order valence-electron chi connectivity index (χ0n) is 10.5. The summed E-state index contributed by atoms with van der Waals surface area (Å²) in [6.45, 7) is 4.90. The lowest BCUT2D eigenvalue weighted by molar-refractivity contribution is 0.211. The highest BCUT2D eigenvalue weighted by Crippen LogP contribution is 2.13. The van der Waals surface area contributed by atoms with Crippen LogP contribution in [-0.2, 0) is 10.0 Å². The van der Waals surface area contributed by atoms with Crippen molar-refractivity contribution in [3.05, 3.63) is 24.5 Å². The van der Waals surface area contributed by atoms with E-state index in [0.717, 1.165) is 32.5 Å². The van der Waals surface area contributed by atoms with Gasteiger partial charge in [-0.05, 0) is 38.1 Å². The molecule has 0 bridgehead atoms. The number of piperidine rings is 1. The Bertz CT molecular complexity index is 475. The van der Waals surface area contributed by atoms with Crippen LogP contribution in [0.25, 0.3) is 0 Å². The molecule has 1 aromatic rings. The van der Waals surface area contributed by atoms with Gasteiger partial charge in [-0.1, -0.05) is 6.92 Å². The van der Waals surface area contributed by atoms with Crippen molar-refractivity contribution in [2.24, 2.45) is 0 Å². The maximum absolute atomic E-state index is 12.1. The van der Waals surface area contributed by atoms with Crippen LogP contribution in [0, 0.1) is 0 Å². The normalized spacial score (nSPS) is 21.9. The predicted molar refractivity (Wildman–Crippen MR) is 69.7 cm³/mol. The number of nitrogens with one attached hydrogen (secondary N) is 1. The van der Waals surface area contributed by atoms with E-state index in [1.54, 1.807) is 18.3 Å². The van der Waals surface area contributed by atoms with Crippen molar-refractivity contribution >= 4 is 10.0 Å². The van der Waals surface area contributed by atoms with Gasteiger partial charge in [-0.2, -0.15) is 0 Å². The van der Waals surface area contributed by atoms with Crippen molar-refractivity contribution in [3.63, 3.8) is 0 Å². The summed E-state index contributed by atoms with van der Waals surface area (Å²) in [7, 11) is -3.43. The van der Waals surface area contributed by atoms with Crippen molar-refractivity contribution in [2.75, 3.05) is 19.6 Å².